The van der Waals surface area contributed by atoms with Crippen molar-refractivity contribution < 1.29 is 0 Å². The average molecular weight is 253 g/mol. The molecule has 0 aliphatic carbocycles. The Kier molecular flexibility index (Phi) is 4.95. The molecule has 17 heavy (non-hydrogen) atoms. The summed E-state index contributed by atoms with van der Waals surface area (Å²) in [4.78, 5) is 8.42. The minimum atomic E-state index is 0.731. The summed E-state index contributed by atoms with van der Waals surface area (Å²) in [5, 5.41) is 1.30. The molecular weight excluding hydrogens is 230 g/mol. The molecule has 4 heteroatoms. The van der Waals surface area contributed by atoms with Crippen LogP contribution in [-0.2, 0) is 12.8 Å². The monoisotopic (exact) mass is 253 g/mol. The summed E-state index contributed by atoms with van der Waals surface area (Å²) in [7, 11) is 0. The number of aromatic nitrogens is 1. The largest absolute Gasteiger partial charge is 0.330 e. The van der Waals surface area contributed by atoms with Gasteiger partial charge in [0.2, 0.25) is 0 Å². The standard InChI is InChI=1S/C13H23N3S/c1-2-16-7-3-4-11(10-16)8-13-15-9-12(17-13)5-6-14/h9,11H,2-8,10,14H2,1H3. The van der Waals surface area contributed by atoms with Crippen LogP contribution in [0.4, 0.5) is 0 Å². The molecule has 0 saturated carbocycles. The van der Waals surface area contributed by atoms with Gasteiger partial charge in [0.05, 0.1) is 5.01 Å². The van der Waals surface area contributed by atoms with Gasteiger partial charge in [-0.05, 0) is 44.8 Å². The summed E-state index contributed by atoms with van der Waals surface area (Å²) >= 11 is 1.85. The summed E-state index contributed by atoms with van der Waals surface area (Å²) in [6.45, 7) is 6.71. The highest BCUT2D eigenvalue weighted by Crippen LogP contribution is 2.23. The molecule has 3 nitrogen and oxygen atoms in total. The van der Waals surface area contributed by atoms with E-state index in [1.54, 1.807) is 0 Å². The normalized spacial score (nSPS) is 21.9. The molecule has 1 unspecified atom stereocenters. The van der Waals surface area contributed by atoms with E-state index >= 15 is 0 Å². The van der Waals surface area contributed by atoms with Crippen molar-refractivity contribution in [1.82, 2.24) is 9.88 Å². The lowest BCUT2D eigenvalue weighted by Crippen LogP contribution is -2.35. The molecule has 96 valence electrons. The Morgan fingerprint density at radius 3 is 3.24 bits per heavy atom. The second kappa shape index (κ2) is 6.47. The zero-order valence-electron chi connectivity index (χ0n) is 10.7. The molecular formula is C13H23N3S. The smallest absolute Gasteiger partial charge is 0.0930 e. The molecule has 1 aromatic rings. The molecule has 1 saturated heterocycles. The maximum atomic E-state index is 5.56. The molecule has 2 N–H and O–H groups in total. The van der Waals surface area contributed by atoms with E-state index in [0.717, 1.165) is 25.3 Å². The molecule has 1 aromatic heterocycles. The molecule has 2 rings (SSSR count). The zero-order chi connectivity index (χ0) is 12.1. The van der Waals surface area contributed by atoms with Crippen molar-refractivity contribution in [1.29, 1.82) is 0 Å². The highest BCUT2D eigenvalue weighted by Gasteiger charge is 2.19. The fourth-order valence-electron chi connectivity index (χ4n) is 2.55. The number of thiazole rings is 1. The van der Waals surface area contributed by atoms with E-state index in [9.17, 15) is 0 Å². The number of piperidine rings is 1. The lowest BCUT2D eigenvalue weighted by atomic mass is 9.95. The Morgan fingerprint density at radius 1 is 1.59 bits per heavy atom. The maximum absolute atomic E-state index is 5.56. The second-order valence-corrected chi connectivity index (χ2v) is 6.06. The minimum Gasteiger partial charge on any atom is -0.330 e. The van der Waals surface area contributed by atoms with Crippen LogP contribution in [0.2, 0.25) is 0 Å². The van der Waals surface area contributed by atoms with Crippen LogP contribution in [0.5, 0.6) is 0 Å². The van der Waals surface area contributed by atoms with Crippen molar-refractivity contribution in [3.63, 3.8) is 0 Å². The fraction of sp³-hybridized carbons (Fsp3) is 0.769. The number of hydrogen-bond donors (Lipinski definition) is 1. The van der Waals surface area contributed by atoms with Crippen molar-refractivity contribution in [3.05, 3.63) is 16.1 Å². The molecule has 1 aliphatic heterocycles. The summed E-state index contributed by atoms with van der Waals surface area (Å²) in [6, 6.07) is 0. The Morgan fingerprint density at radius 2 is 2.47 bits per heavy atom. The van der Waals surface area contributed by atoms with Gasteiger partial charge in [-0.3, -0.25) is 0 Å². The van der Waals surface area contributed by atoms with Crippen LogP contribution in [0.15, 0.2) is 6.20 Å². The average Bonchev–Trinajstić information content (AvgIpc) is 2.77. The van der Waals surface area contributed by atoms with E-state index in [4.69, 9.17) is 5.73 Å². The topological polar surface area (TPSA) is 42.2 Å². The van der Waals surface area contributed by atoms with E-state index in [0.29, 0.717) is 0 Å². The number of nitrogens with zero attached hydrogens (tertiary/aromatic N) is 2. The van der Waals surface area contributed by atoms with E-state index in [1.165, 1.54) is 42.4 Å². The van der Waals surface area contributed by atoms with Gasteiger partial charge in [0.1, 0.15) is 0 Å². The Hall–Kier alpha value is -0.450. The predicted octanol–water partition coefficient (Wildman–Crippen LogP) is 1.92. The van der Waals surface area contributed by atoms with Crippen LogP contribution in [0.1, 0.15) is 29.7 Å². The van der Waals surface area contributed by atoms with Gasteiger partial charge >= 0.3 is 0 Å². The molecule has 0 amide bonds. The Balaban J connectivity index is 1.86. The quantitative estimate of drug-likeness (QED) is 0.872. The van der Waals surface area contributed by atoms with E-state index in [1.807, 2.05) is 17.5 Å². The zero-order valence-corrected chi connectivity index (χ0v) is 11.5. The summed E-state index contributed by atoms with van der Waals surface area (Å²) in [5.74, 6) is 0.806. The highest BCUT2D eigenvalue weighted by atomic mass is 32.1. The third-order valence-electron chi connectivity index (χ3n) is 3.51. The molecule has 0 spiro atoms. The van der Waals surface area contributed by atoms with Gasteiger partial charge < -0.3 is 10.6 Å². The lowest BCUT2D eigenvalue weighted by molar-refractivity contribution is 0.182. The van der Waals surface area contributed by atoms with Gasteiger partial charge in [0.15, 0.2) is 0 Å². The summed E-state index contributed by atoms with van der Waals surface area (Å²) in [5.41, 5.74) is 5.56. The van der Waals surface area contributed by atoms with Crippen LogP contribution in [-0.4, -0.2) is 36.1 Å². The lowest BCUT2D eigenvalue weighted by Gasteiger charge is -2.31. The minimum absolute atomic E-state index is 0.731. The molecule has 0 aromatic carbocycles. The van der Waals surface area contributed by atoms with Crippen molar-refractivity contribution in [3.8, 4) is 0 Å². The number of hydrogen-bond acceptors (Lipinski definition) is 4. The van der Waals surface area contributed by atoms with Crippen molar-refractivity contribution in [2.45, 2.75) is 32.6 Å². The first-order chi connectivity index (χ1) is 8.31. The molecule has 1 atom stereocenters. The third kappa shape index (κ3) is 3.76. The molecule has 0 bridgehead atoms. The van der Waals surface area contributed by atoms with Gasteiger partial charge in [-0.15, -0.1) is 11.3 Å². The molecule has 2 heterocycles. The first-order valence-electron chi connectivity index (χ1n) is 6.67. The summed E-state index contributed by atoms with van der Waals surface area (Å²) < 4.78 is 0. The van der Waals surface area contributed by atoms with Gasteiger partial charge in [0.25, 0.3) is 0 Å². The predicted molar refractivity (Wildman–Crippen MR) is 73.4 cm³/mol. The van der Waals surface area contributed by atoms with Crippen molar-refractivity contribution in [2.24, 2.45) is 11.7 Å². The van der Waals surface area contributed by atoms with Crippen LogP contribution in [0, 0.1) is 5.92 Å². The van der Waals surface area contributed by atoms with Crippen LogP contribution in [0.3, 0.4) is 0 Å². The van der Waals surface area contributed by atoms with Crippen molar-refractivity contribution in [2.75, 3.05) is 26.2 Å². The van der Waals surface area contributed by atoms with Gasteiger partial charge in [-0.25, -0.2) is 4.98 Å². The van der Waals surface area contributed by atoms with Gasteiger partial charge in [0, 0.05) is 24.0 Å². The maximum Gasteiger partial charge on any atom is 0.0930 e. The van der Waals surface area contributed by atoms with Gasteiger partial charge in [-0.1, -0.05) is 6.92 Å². The first kappa shape index (κ1) is 13.0. The Labute approximate surface area is 108 Å². The highest BCUT2D eigenvalue weighted by molar-refractivity contribution is 7.11. The van der Waals surface area contributed by atoms with E-state index < -0.39 is 0 Å². The fourth-order valence-corrected chi connectivity index (χ4v) is 3.60. The Bertz CT molecular complexity index is 337. The summed E-state index contributed by atoms with van der Waals surface area (Å²) in [6.07, 6.45) is 6.85. The number of likely N-dealkylation sites (tertiary alicyclic amines) is 1. The van der Waals surface area contributed by atoms with E-state index in [-0.39, 0.29) is 0 Å². The number of nitrogens with two attached hydrogens (primary N) is 1. The third-order valence-corrected chi connectivity index (χ3v) is 4.59. The first-order valence-corrected chi connectivity index (χ1v) is 7.49. The van der Waals surface area contributed by atoms with Crippen LogP contribution < -0.4 is 5.73 Å². The van der Waals surface area contributed by atoms with Crippen LogP contribution >= 0.6 is 11.3 Å². The van der Waals surface area contributed by atoms with E-state index in [2.05, 4.69) is 16.8 Å². The second-order valence-electron chi connectivity index (χ2n) is 4.86. The number of rotatable bonds is 5. The van der Waals surface area contributed by atoms with Gasteiger partial charge in [-0.2, -0.15) is 0 Å². The van der Waals surface area contributed by atoms with Crippen LogP contribution in [0.25, 0.3) is 0 Å². The SMILES string of the molecule is CCN1CCCC(Cc2ncc(CCN)s2)C1. The molecule has 1 aliphatic rings. The van der Waals surface area contributed by atoms with Crippen molar-refractivity contribution >= 4 is 11.3 Å². The molecule has 1 fully saturated rings. The molecule has 0 radical (unpaired) electrons.